The molecule has 0 aromatic heterocycles. The molecule has 3 heterocycles. The first-order chi connectivity index (χ1) is 36.5. The van der Waals surface area contributed by atoms with Crippen molar-refractivity contribution in [3.63, 3.8) is 0 Å². The molecule has 440 valence electrons. The number of nitrogens with zero attached hydrogens (tertiary/aromatic N) is 2. The highest BCUT2D eigenvalue weighted by atomic mass is 79.9. The van der Waals surface area contributed by atoms with Crippen LogP contribution in [0.1, 0.15) is 131 Å². The molecule has 0 saturated carbocycles. The van der Waals surface area contributed by atoms with Gasteiger partial charge in [0.25, 0.3) is 0 Å². The molecule has 9 N–H and O–H groups in total. The number of carbonyl (C=O) groups excluding carboxylic acids is 5. The molecule has 0 radical (unpaired) electrons. The molecule has 5 rings (SSSR count). The summed E-state index contributed by atoms with van der Waals surface area (Å²) in [6.07, 6.45) is 6.94. The van der Waals surface area contributed by atoms with Crippen LogP contribution in [0.4, 0.5) is 24.0 Å². The summed E-state index contributed by atoms with van der Waals surface area (Å²) in [5.41, 5.74) is 6.54. The number of ether oxygens (including phenoxy) is 5. The van der Waals surface area contributed by atoms with Gasteiger partial charge < -0.3 is 76.2 Å². The fourth-order valence-electron chi connectivity index (χ4n) is 7.49. The minimum Gasteiger partial charge on any atom is -0.445 e. The van der Waals surface area contributed by atoms with Gasteiger partial charge in [0.1, 0.15) is 30.0 Å². The summed E-state index contributed by atoms with van der Waals surface area (Å²) in [6.45, 7) is 27.1. The highest BCUT2D eigenvalue weighted by Crippen LogP contribution is 2.13. The standard InChI is InChI=1S/C21H33N3O4.C13H27N3O2.C13H18N2O2.C8H16BrNO2.CH4O/c1-21(2,3)28-19(25)22-12-7-13-24-14-10-18(11-15-24)23-20(26)27-16-17-8-5-4-6-9-17;1-13(2,3)18-12(17)15-7-4-8-16-9-5-11(14)6-10-16;16-13(15-12-6-8-14-9-7-12)17-10-11-4-2-1-3-5-11;1-8(2,3)12-7(11)10-6-4-5-9;1-2/h4-6,8-9,18H,7,10-16H2,1-3H3,(H,22,25)(H,23,26);11H,4-10,14H2,1-3H3,(H,15,17);1-5,12,14H,6-10H2,(H,15,16);4-6H2,1-3H3,(H,10,11);2H,1H3. The average Bonchev–Trinajstić information content (AvgIpc) is 3.37. The van der Waals surface area contributed by atoms with Crippen LogP contribution in [0.3, 0.4) is 0 Å². The first-order valence-corrected chi connectivity index (χ1v) is 28.4. The Kier molecular flexibility index (Phi) is 36.7. The van der Waals surface area contributed by atoms with Crippen LogP contribution in [0.15, 0.2) is 60.7 Å². The number of hydrogen-bond donors (Lipinski definition) is 8. The third kappa shape index (κ3) is 40.9. The minimum atomic E-state index is -0.471. The third-order valence-electron chi connectivity index (χ3n) is 11.2. The van der Waals surface area contributed by atoms with Crippen molar-refractivity contribution >= 4 is 46.4 Å². The number of carbonyl (C=O) groups is 5. The van der Waals surface area contributed by atoms with Crippen molar-refractivity contribution in [3.05, 3.63) is 71.8 Å². The Bertz CT molecular complexity index is 1870. The Morgan fingerprint density at radius 2 is 0.883 bits per heavy atom. The SMILES string of the molecule is CC(C)(C)OC(=O)NCCCBr.CC(C)(C)OC(=O)NCCCN1CCC(N)CC1.CC(C)(C)OC(=O)NCCCN1CCC(NC(=O)OCc2ccccc2)CC1.CO.O=C(NC1CCNCC1)OCc1ccccc1. The van der Waals surface area contributed by atoms with Crippen LogP contribution in [-0.4, -0.2) is 165 Å². The molecule has 2 aromatic carbocycles. The van der Waals surface area contributed by atoms with E-state index >= 15 is 0 Å². The largest absolute Gasteiger partial charge is 0.445 e. The Morgan fingerprint density at radius 3 is 1.23 bits per heavy atom. The fraction of sp³-hybridized carbons (Fsp3) is 0.696. The molecule has 21 heteroatoms. The molecule has 2 aromatic rings. The van der Waals surface area contributed by atoms with Gasteiger partial charge >= 0.3 is 30.5 Å². The van der Waals surface area contributed by atoms with E-state index in [-0.39, 0.29) is 49.2 Å². The Morgan fingerprint density at radius 1 is 0.545 bits per heavy atom. The normalized spacial score (nSPS) is 15.5. The number of nitrogens with two attached hydrogens (primary N) is 1. The summed E-state index contributed by atoms with van der Waals surface area (Å²) in [6, 6.07) is 20.1. The van der Waals surface area contributed by atoms with Crippen molar-refractivity contribution in [2.45, 2.75) is 168 Å². The van der Waals surface area contributed by atoms with Gasteiger partial charge in [0.2, 0.25) is 0 Å². The van der Waals surface area contributed by atoms with Crippen LogP contribution in [0.25, 0.3) is 0 Å². The quantitative estimate of drug-likeness (QED) is 0.0422. The van der Waals surface area contributed by atoms with Gasteiger partial charge in [0.05, 0.1) is 0 Å². The first kappa shape index (κ1) is 70.1. The lowest BCUT2D eigenvalue weighted by Gasteiger charge is -2.32. The van der Waals surface area contributed by atoms with E-state index in [9.17, 15) is 24.0 Å². The maximum atomic E-state index is 11.9. The monoisotopic (exact) mass is 1150 g/mol. The molecule has 0 bridgehead atoms. The predicted molar refractivity (Wildman–Crippen MR) is 307 cm³/mol. The van der Waals surface area contributed by atoms with Crippen LogP contribution in [0.5, 0.6) is 0 Å². The van der Waals surface area contributed by atoms with Gasteiger partial charge in [-0.25, -0.2) is 24.0 Å². The maximum Gasteiger partial charge on any atom is 0.407 e. The molecule has 3 aliphatic rings. The van der Waals surface area contributed by atoms with Crippen molar-refractivity contribution in [1.29, 1.82) is 0 Å². The summed E-state index contributed by atoms with van der Waals surface area (Å²) in [5, 5.41) is 25.2. The molecule has 0 unspecified atom stereocenters. The smallest absolute Gasteiger partial charge is 0.407 e. The highest BCUT2D eigenvalue weighted by Gasteiger charge is 2.23. The zero-order chi connectivity index (χ0) is 57.5. The van der Waals surface area contributed by atoms with Crippen LogP contribution >= 0.6 is 15.9 Å². The maximum absolute atomic E-state index is 11.9. The fourth-order valence-corrected chi connectivity index (χ4v) is 7.77. The number of nitrogens with one attached hydrogen (secondary N) is 6. The third-order valence-corrected chi connectivity index (χ3v) is 11.8. The predicted octanol–water partition coefficient (Wildman–Crippen LogP) is 8.19. The van der Waals surface area contributed by atoms with Crippen molar-refractivity contribution in [2.75, 3.05) is 84.4 Å². The van der Waals surface area contributed by atoms with Gasteiger partial charge in [0, 0.05) is 63.3 Å². The molecule has 3 saturated heterocycles. The van der Waals surface area contributed by atoms with Gasteiger partial charge in [-0.05, 0) is 170 Å². The minimum absolute atomic E-state index is 0.152. The number of alkyl halides is 1. The lowest BCUT2D eigenvalue weighted by Crippen LogP contribution is -2.45. The summed E-state index contributed by atoms with van der Waals surface area (Å²) in [4.78, 5) is 62.2. The van der Waals surface area contributed by atoms with Crippen molar-refractivity contribution in [3.8, 4) is 0 Å². The molecule has 5 amide bonds. The van der Waals surface area contributed by atoms with E-state index in [2.05, 4.69) is 57.6 Å². The number of alkyl carbamates (subject to hydrolysis) is 5. The number of piperidine rings is 3. The number of benzene rings is 2. The second-order valence-electron chi connectivity index (χ2n) is 21.8. The lowest BCUT2D eigenvalue weighted by molar-refractivity contribution is 0.0513. The van der Waals surface area contributed by atoms with Gasteiger partial charge in [-0.1, -0.05) is 76.6 Å². The van der Waals surface area contributed by atoms with Gasteiger partial charge in [-0.3, -0.25) is 0 Å². The number of amides is 5. The van der Waals surface area contributed by atoms with Gasteiger partial charge in [-0.15, -0.1) is 0 Å². The molecular formula is C56H98BrN9O11. The van der Waals surface area contributed by atoms with Gasteiger partial charge in [0.15, 0.2) is 0 Å². The zero-order valence-corrected chi connectivity index (χ0v) is 49.7. The number of rotatable bonds is 17. The van der Waals surface area contributed by atoms with Gasteiger partial charge in [-0.2, -0.15) is 0 Å². The van der Waals surface area contributed by atoms with Crippen LogP contribution in [0.2, 0.25) is 0 Å². The molecule has 0 spiro atoms. The van der Waals surface area contributed by atoms with E-state index in [4.69, 9.17) is 34.5 Å². The van der Waals surface area contributed by atoms with Crippen molar-refractivity contribution in [2.24, 2.45) is 5.73 Å². The molecule has 3 aliphatic heterocycles. The second-order valence-corrected chi connectivity index (χ2v) is 22.6. The van der Waals surface area contributed by atoms with E-state index < -0.39 is 16.8 Å². The number of aliphatic hydroxyl groups excluding tert-OH is 1. The lowest BCUT2D eigenvalue weighted by atomic mass is 10.1. The summed E-state index contributed by atoms with van der Waals surface area (Å²) in [5.74, 6) is 0. The van der Waals surface area contributed by atoms with E-state index in [0.717, 1.165) is 134 Å². The number of hydrogen-bond acceptors (Lipinski definition) is 15. The summed E-state index contributed by atoms with van der Waals surface area (Å²) >= 11 is 3.27. The molecule has 0 aliphatic carbocycles. The molecule has 20 nitrogen and oxygen atoms in total. The molecular weight excluding hydrogens is 1050 g/mol. The van der Waals surface area contributed by atoms with E-state index in [1.165, 1.54) is 0 Å². The topological polar surface area (TPSA) is 256 Å². The van der Waals surface area contributed by atoms with E-state index in [1.807, 2.05) is 123 Å². The summed E-state index contributed by atoms with van der Waals surface area (Å²) in [7, 11) is 1.00. The van der Waals surface area contributed by atoms with Crippen molar-refractivity contribution < 1.29 is 52.8 Å². The molecule has 0 atom stereocenters. The molecule has 3 fully saturated rings. The zero-order valence-electron chi connectivity index (χ0n) is 48.1. The number of likely N-dealkylation sites (tertiary alicyclic amines) is 2. The second kappa shape index (κ2) is 40.3. The Hall–Kier alpha value is -4.93. The Labute approximate surface area is 469 Å². The highest BCUT2D eigenvalue weighted by molar-refractivity contribution is 9.09. The first-order valence-electron chi connectivity index (χ1n) is 27.2. The van der Waals surface area contributed by atoms with Crippen LogP contribution < -0.4 is 37.6 Å². The van der Waals surface area contributed by atoms with E-state index in [1.54, 1.807) is 0 Å². The van der Waals surface area contributed by atoms with Crippen LogP contribution in [0, 0.1) is 0 Å². The summed E-state index contributed by atoms with van der Waals surface area (Å²) < 4.78 is 25.8. The van der Waals surface area contributed by atoms with E-state index in [0.29, 0.717) is 32.3 Å². The Balaban J connectivity index is 0.000000531. The number of aliphatic hydroxyl groups is 1. The van der Waals surface area contributed by atoms with Crippen molar-refractivity contribution in [1.82, 2.24) is 41.7 Å². The average molecular weight is 1150 g/mol. The molecule has 77 heavy (non-hydrogen) atoms. The van der Waals surface area contributed by atoms with Crippen LogP contribution in [-0.2, 0) is 36.9 Å². The number of halogens is 1.